The quantitative estimate of drug-likeness (QED) is 0.881. The van der Waals surface area contributed by atoms with E-state index in [1.165, 1.54) is 24.3 Å². The SMILES string of the molecule is O=C(NCc1ccc(F)cc1)C(F)(F)C1(O)CCC1. The molecule has 0 saturated heterocycles. The van der Waals surface area contributed by atoms with Crippen LogP contribution in [0.3, 0.4) is 0 Å². The van der Waals surface area contributed by atoms with E-state index in [1.807, 2.05) is 0 Å². The van der Waals surface area contributed by atoms with E-state index in [4.69, 9.17) is 0 Å². The number of alkyl halides is 2. The van der Waals surface area contributed by atoms with Crippen molar-refractivity contribution < 1.29 is 23.1 Å². The number of nitrogens with one attached hydrogen (secondary N) is 1. The molecule has 0 heterocycles. The zero-order valence-electron chi connectivity index (χ0n) is 10.1. The van der Waals surface area contributed by atoms with Gasteiger partial charge in [0.2, 0.25) is 0 Å². The van der Waals surface area contributed by atoms with Crippen LogP contribution in [-0.4, -0.2) is 22.5 Å². The summed E-state index contributed by atoms with van der Waals surface area (Å²) in [6.07, 6.45) is 0.325. The molecule has 1 aromatic carbocycles. The van der Waals surface area contributed by atoms with Crippen molar-refractivity contribution in [3.63, 3.8) is 0 Å². The zero-order chi connectivity index (χ0) is 14.1. The second-order valence-electron chi connectivity index (χ2n) is 4.77. The van der Waals surface area contributed by atoms with Crippen molar-refractivity contribution in [1.82, 2.24) is 5.32 Å². The van der Waals surface area contributed by atoms with Gasteiger partial charge < -0.3 is 10.4 Å². The monoisotopic (exact) mass is 273 g/mol. The molecule has 0 radical (unpaired) electrons. The smallest absolute Gasteiger partial charge is 0.352 e. The van der Waals surface area contributed by atoms with Gasteiger partial charge in [-0.3, -0.25) is 4.79 Å². The summed E-state index contributed by atoms with van der Waals surface area (Å²) in [6.45, 7) is -0.134. The van der Waals surface area contributed by atoms with E-state index in [1.54, 1.807) is 0 Å². The molecule has 0 spiro atoms. The number of carbonyl (C=O) groups excluding carboxylic acids is 1. The van der Waals surface area contributed by atoms with E-state index < -0.39 is 23.2 Å². The number of carbonyl (C=O) groups is 1. The fraction of sp³-hybridized carbons (Fsp3) is 0.462. The lowest BCUT2D eigenvalue weighted by molar-refractivity contribution is -0.216. The first-order valence-corrected chi connectivity index (χ1v) is 5.98. The zero-order valence-corrected chi connectivity index (χ0v) is 10.1. The standard InChI is InChI=1S/C13H14F3NO2/c14-10-4-2-9(3-5-10)8-17-11(18)13(15,16)12(19)6-1-7-12/h2-5,19H,1,6-8H2,(H,17,18). The van der Waals surface area contributed by atoms with Crippen LogP contribution in [0.4, 0.5) is 13.2 Å². The highest BCUT2D eigenvalue weighted by Gasteiger charge is 2.60. The lowest BCUT2D eigenvalue weighted by Crippen LogP contribution is -2.60. The van der Waals surface area contributed by atoms with E-state index >= 15 is 0 Å². The molecule has 1 aromatic rings. The van der Waals surface area contributed by atoms with Gasteiger partial charge in [0.25, 0.3) is 5.91 Å². The van der Waals surface area contributed by atoms with Gasteiger partial charge in [-0.15, -0.1) is 0 Å². The Morgan fingerprint density at radius 1 is 1.32 bits per heavy atom. The number of hydrogen-bond acceptors (Lipinski definition) is 2. The fourth-order valence-corrected chi connectivity index (χ4v) is 1.93. The van der Waals surface area contributed by atoms with Gasteiger partial charge in [0.1, 0.15) is 11.4 Å². The molecule has 0 aliphatic heterocycles. The van der Waals surface area contributed by atoms with Gasteiger partial charge in [-0.05, 0) is 37.0 Å². The highest BCUT2D eigenvalue weighted by Crippen LogP contribution is 2.44. The van der Waals surface area contributed by atoms with Gasteiger partial charge >= 0.3 is 5.92 Å². The Morgan fingerprint density at radius 2 is 1.89 bits per heavy atom. The molecule has 0 atom stereocenters. The van der Waals surface area contributed by atoms with Crippen LogP contribution < -0.4 is 5.32 Å². The van der Waals surface area contributed by atoms with Crippen molar-refractivity contribution in [3.8, 4) is 0 Å². The number of amides is 1. The van der Waals surface area contributed by atoms with E-state index in [9.17, 15) is 23.1 Å². The Hall–Kier alpha value is -1.56. The van der Waals surface area contributed by atoms with Crippen LogP contribution in [0.1, 0.15) is 24.8 Å². The van der Waals surface area contributed by atoms with Crippen LogP contribution in [0.15, 0.2) is 24.3 Å². The maximum Gasteiger partial charge on any atom is 0.352 e. The predicted molar refractivity (Wildman–Crippen MR) is 62.0 cm³/mol. The van der Waals surface area contributed by atoms with Crippen LogP contribution in [0, 0.1) is 5.82 Å². The highest BCUT2D eigenvalue weighted by molar-refractivity contribution is 5.85. The van der Waals surface area contributed by atoms with Gasteiger partial charge in [-0.2, -0.15) is 8.78 Å². The lowest BCUT2D eigenvalue weighted by atomic mass is 9.75. The summed E-state index contributed by atoms with van der Waals surface area (Å²) in [6, 6.07) is 5.15. The number of rotatable bonds is 4. The van der Waals surface area contributed by atoms with Crippen LogP contribution >= 0.6 is 0 Å². The van der Waals surface area contributed by atoms with Gasteiger partial charge in [-0.25, -0.2) is 4.39 Å². The van der Waals surface area contributed by atoms with Crippen molar-refractivity contribution in [3.05, 3.63) is 35.6 Å². The molecule has 3 nitrogen and oxygen atoms in total. The first-order valence-electron chi connectivity index (χ1n) is 5.98. The molecular weight excluding hydrogens is 259 g/mol. The van der Waals surface area contributed by atoms with Gasteiger partial charge in [-0.1, -0.05) is 12.1 Å². The molecule has 2 rings (SSSR count). The first-order chi connectivity index (χ1) is 8.85. The first kappa shape index (κ1) is 13.9. The number of halogens is 3. The highest BCUT2D eigenvalue weighted by atomic mass is 19.3. The molecule has 1 aliphatic carbocycles. The maximum absolute atomic E-state index is 13.7. The summed E-state index contributed by atoms with van der Waals surface area (Å²) in [5.74, 6) is -5.74. The molecule has 0 aromatic heterocycles. The van der Waals surface area contributed by atoms with E-state index in [0.717, 1.165) is 0 Å². The summed E-state index contributed by atoms with van der Waals surface area (Å²) >= 11 is 0. The van der Waals surface area contributed by atoms with E-state index in [0.29, 0.717) is 12.0 Å². The average molecular weight is 273 g/mol. The van der Waals surface area contributed by atoms with Crippen molar-refractivity contribution in [2.45, 2.75) is 37.3 Å². The van der Waals surface area contributed by atoms with Gasteiger partial charge in [0.15, 0.2) is 0 Å². The topological polar surface area (TPSA) is 49.3 Å². The Kier molecular flexibility index (Phi) is 3.54. The average Bonchev–Trinajstić information content (AvgIpc) is 2.34. The molecule has 1 fully saturated rings. The number of benzene rings is 1. The van der Waals surface area contributed by atoms with Crippen molar-refractivity contribution in [2.75, 3.05) is 0 Å². The molecule has 6 heteroatoms. The second kappa shape index (κ2) is 4.85. The summed E-state index contributed by atoms with van der Waals surface area (Å²) in [4.78, 5) is 11.4. The minimum Gasteiger partial charge on any atom is -0.383 e. The molecule has 0 bridgehead atoms. The summed E-state index contributed by atoms with van der Waals surface area (Å²) in [5.41, 5.74) is -1.72. The third-order valence-electron chi connectivity index (χ3n) is 3.42. The van der Waals surface area contributed by atoms with Crippen molar-refractivity contribution in [2.24, 2.45) is 0 Å². The second-order valence-corrected chi connectivity index (χ2v) is 4.77. The lowest BCUT2D eigenvalue weighted by Gasteiger charge is -2.41. The Morgan fingerprint density at radius 3 is 2.37 bits per heavy atom. The van der Waals surface area contributed by atoms with Crippen LogP contribution in [-0.2, 0) is 11.3 Å². The minimum atomic E-state index is -3.80. The number of aliphatic hydroxyl groups is 1. The fourth-order valence-electron chi connectivity index (χ4n) is 1.93. The molecule has 1 aliphatic rings. The third kappa shape index (κ3) is 2.58. The molecule has 1 amide bonds. The molecule has 19 heavy (non-hydrogen) atoms. The third-order valence-corrected chi connectivity index (χ3v) is 3.42. The Bertz CT molecular complexity index is 469. The Balaban J connectivity index is 1.95. The molecular formula is C13H14F3NO2. The number of hydrogen-bond donors (Lipinski definition) is 2. The summed E-state index contributed by atoms with van der Waals surface area (Å²) in [7, 11) is 0. The Labute approximate surface area is 108 Å². The molecule has 104 valence electrons. The van der Waals surface area contributed by atoms with Crippen LogP contribution in [0.25, 0.3) is 0 Å². The summed E-state index contributed by atoms with van der Waals surface area (Å²) < 4.78 is 40.0. The van der Waals surface area contributed by atoms with E-state index in [2.05, 4.69) is 5.32 Å². The van der Waals surface area contributed by atoms with Crippen LogP contribution in [0.2, 0.25) is 0 Å². The van der Waals surface area contributed by atoms with Crippen LogP contribution in [0.5, 0.6) is 0 Å². The minimum absolute atomic E-state index is 0.0794. The molecule has 0 unspecified atom stereocenters. The predicted octanol–water partition coefficient (Wildman–Crippen LogP) is 1.99. The normalized spacial score (nSPS) is 17.7. The molecule has 2 N–H and O–H groups in total. The van der Waals surface area contributed by atoms with Gasteiger partial charge in [0, 0.05) is 6.54 Å². The summed E-state index contributed by atoms with van der Waals surface area (Å²) in [5, 5.41) is 11.6. The van der Waals surface area contributed by atoms with Crippen molar-refractivity contribution >= 4 is 5.91 Å². The van der Waals surface area contributed by atoms with Gasteiger partial charge in [0.05, 0.1) is 0 Å². The van der Waals surface area contributed by atoms with E-state index in [-0.39, 0.29) is 19.4 Å². The molecule has 1 saturated carbocycles. The largest absolute Gasteiger partial charge is 0.383 e. The maximum atomic E-state index is 13.7. The van der Waals surface area contributed by atoms with Crippen molar-refractivity contribution in [1.29, 1.82) is 0 Å².